The highest BCUT2D eigenvalue weighted by molar-refractivity contribution is 14.0. The molecule has 1 heterocycles. The minimum atomic E-state index is -3.24. The maximum Gasteiger partial charge on any atom is 0.241 e. The summed E-state index contributed by atoms with van der Waals surface area (Å²) in [5.74, 6) is 0.438. The van der Waals surface area contributed by atoms with Crippen molar-refractivity contribution in [1.29, 1.82) is 0 Å². The highest BCUT2D eigenvalue weighted by Gasteiger charge is 2.12. The number of amides is 1. The van der Waals surface area contributed by atoms with Crippen molar-refractivity contribution in [2.24, 2.45) is 4.99 Å². The van der Waals surface area contributed by atoms with E-state index in [0.29, 0.717) is 35.9 Å². The largest absolute Gasteiger partial charge is 0.352 e. The zero-order chi connectivity index (χ0) is 22.1. The van der Waals surface area contributed by atoms with Gasteiger partial charge in [-0.25, -0.2) is 8.42 Å². The first-order valence-electron chi connectivity index (χ1n) is 9.58. The van der Waals surface area contributed by atoms with Crippen molar-refractivity contribution in [1.82, 2.24) is 20.5 Å². The number of hydrogen-bond acceptors (Lipinski definition) is 5. The number of nitrogens with zero attached hydrogens (tertiary/aromatic N) is 3. The van der Waals surface area contributed by atoms with Crippen molar-refractivity contribution in [2.45, 2.75) is 24.8 Å². The SMILES string of the molecule is CN=C(NCC(=O)N(C)CCc1ccccn1)NCc1ccc(S(C)(=O)=O)c(C)c1.I. The summed E-state index contributed by atoms with van der Waals surface area (Å²) in [5.41, 5.74) is 2.56. The summed E-state index contributed by atoms with van der Waals surface area (Å²) in [6.45, 7) is 2.92. The fraction of sp³-hybridized carbons (Fsp3) is 0.381. The lowest BCUT2D eigenvalue weighted by Crippen LogP contribution is -2.43. The number of guanidine groups is 1. The molecule has 170 valence electrons. The lowest BCUT2D eigenvalue weighted by molar-refractivity contribution is -0.128. The van der Waals surface area contributed by atoms with E-state index in [1.807, 2.05) is 24.3 Å². The maximum absolute atomic E-state index is 12.3. The van der Waals surface area contributed by atoms with Crippen LogP contribution in [-0.2, 0) is 27.6 Å². The van der Waals surface area contributed by atoms with Gasteiger partial charge >= 0.3 is 0 Å². The second-order valence-corrected chi connectivity index (χ2v) is 9.02. The first-order chi connectivity index (χ1) is 14.2. The molecule has 0 unspecified atom stereocenters. The molecule has 2 rings (SSSR count). The molecule has 0 fully saturated rings. The molecule has 0 bridgehead atoms. The number of carbonyl (C=O) groups is 1. The summed E-state index contributed by atoms with van der Waals surface area (Å²) in [4.78, 5) is 22.7. The lowest BCUT2D eigenvalue weighted by Gasteiger charge is -2.18. The van der Waals surface area contributed by atoms with Gasteiger partial charge in [0.2, 0.25) is 5.91 Å². The Labute approximate surface area is 201 Å². The van der Waals surface area contributed by atoms with Gasteiger partial charge in [0.15, 0.2) is 15.8 Å². The molecule has 2 N–H and O–H groups in total. The topological polar surface area (TPSA) is 104 Å². The van der Waals surface area contributed by atoms with E-state index >= 15 is 0 Å². The highest BCUT2D eigenvalue weighted by Crippen LogP contribution is 2.16. The fourth-order valence-electron chi connectivity index (χ4n) is 2.89. The molecule has 0 atom stereocenters. The van der Waals surface area contributed by atoms with Gasteiger partial charge in [0.1, 0.15) is 0 Å². The van der Waals surface area contributed by atoms with Crippen molar-refractivity contribution < 1.29 is 13.2 Å². The van der Waals surface area contributed by atoms with Crippen molar-refractivity contribution in [3.8, 4) is 0 Å². The number of halogens is 1. The summed E-state index contributed by atoms with van der Waals surface area (Å²) in [6.07, 6.45) is 3.63. The summed E-state index contributed by atoms with van der Waals surface area (Å²) in [6, 6.07) is 10.9. The van der Waals surface area contributed by atoms with Gasteiger partial charge in [0.05, 0.1) is 11.4 Å². The van der Waals surface area contributed by atoms with Gasteiger partial charge in [-0.05, 0) is 36.2 Å². The number of aromatic nitrogens is 1. The molecule has 0 saturated carbocycles. The van der Waals surface area contributed by atoms with Crippen LogP contribution < -0.4 is 10.6 Å². The minimum Gasteiger partial charge on any atom is -0.352 e. The standard InChI is InChI=1S/C21H29N5O3S.HI/c1-16-13-17(8-9-19(16)30(4,28)29)14-24-21(22-2)25-15-20(27)26(3)12-10-18-7-5-6-11-23-18;/h5-9,11,13H,10,12,14-15H2,1-4H3,(H2,22,24,25);1H. The molecule has 2 aromatic rings. The first-order valence-corrected chi connectivity index (χ1v) is 11.5. The summed E-state index contributed by atoms with van der Waals surface area (Å²) < 4.78 is 23.4. The monoisotopic (exact) mass is 559 g/mol. The molecular weight excluding hydrogens is 529 g/mol. The molecule has 0 saturated heterocycles. The zero-order valence-corrected chi connectivity index (χ0v) is 21.4. The number of rotatable bonds is 8. The number of aliphatic imine (C=N–C) groups is 1. The number of pyridine rings is 1. The van der Waals surface area contributed by atoms with E-state index in [0.717, 1.165) is 11.3 Å². The Kier molecular flexibility index (Phi) is 10.9. The molecule has 10 heteroatoms. The van der Waals surface area contributed by atoms with Gasteiger partial charge in [-0.2, -0.15) is 0 Å². The van der Waals surface area contributed by atoms with Gasteiger partial charge < -0.3 is 15.5 Å². The van der Waals surface area contributed by atoms with Gasteiger partial charge in [-0.1, -0.05) is 18.2 Å². The number of likely N-dealkylation sites (N-methyl/N-ethyl adjacent to an activating group) is 1. The average molecular weight is 559 g/mol. The first kappa shape index (κ1) is 26.8. The Morgan fingerprint density at radius 2 is 1.94 bits per heavy atom. The molecule has 1 amide bonds. The number of carbonyl (C=O) groups excluding carboxylic acids is 1. The molecule has 31 heavy (non-hydrogen) atoms. The minimum absolute atomic E-state index is 0. The van der Waals surface area contributed by atoms with E-state index in [1.165, 1.54) is 6.26 Å². The third-order valence-electron chi connectivity index (χ3n) is 4.58. The van der Waals surface area contributed by atoms with Crippen molar-refractivity contribution in [3.63, 3.8) is 0 Å². The van der Waals surface area contributed by atoms with Gasteiger partial charge in [-0.3, -0.25) is 14.8 Å². The van der Waals surface area contributed by atoms with Gasteiger partial charge in [0.25, 0.3) is 0 Å². The maximum atomic E-state index is 12.3. The molecule has 8 nitrogen and oxygen atoms in total. The highest BCUT2D eigenvalue weighted by atomic mass is 127. The Bertz CT molecular complexity index is 997. The molecule has 0 spiro atoms. The van der Waals surface area contributed by atoms with E-state index in [2.05, 4.69) is 20.6 Å². The number of hydrogen-bond donors (Lipinski definition) is 2. The number of nitrogens with one attached hydrogen (secondary N) is 2. The Morgan fingerprint density at radius 3 is 2.52 bits per heavy atom. The van der Waals surface area contributed by atoms with Crippen LogP contribution in [0.15, 0.2) is 52.5 Å². The summed E-state index contributed by atoms with van der Waals surface area (Å²) >= 11 is 0. The van der Waals surface area contributed by atoms with Crippen LogP contribution in [0.25, 0.3) is 0 Å². The summed E-state index contributed by atoms with van der Waals surface area (Å²) in [7, 11) is 0.149. The molecular formula is C21H30IN5O3S. The molecule has 1 aromatic heterocycles. The number of benzene rings is 1. The number of sulfone groups is 1. The molecule has 1 aromatic carbocycles. The van der Waals surface area contributed by atoms with Crippen molar-refractivity contribution in [2.75, 3.05) is 33.4 Å². The van der Waals surface area contributed by atoms with Crippen molar-refractivity contribution in [3.05, 3.63) is 59.4 Å². The van der Waals surface area contributed by atoms with Gasteiger partial charge in [0, 0.05) is 51.8 Å². The lowest BCUT2D eigenvalue weighted by atomic mass is 10.1. The number of aryl methyl sites for hydroxylation is 1. The third-order valence-corrected chi connectivity index (χ3v) is 5.84. The van der Waals surface area contributed by atoms with Crippen LogP contribution in [0, 0.1) is 6.92 Å². The van der Waals surface area contributed by atoms with E-state index in [4.69, 9.17) is 0 Å². The smallest absolute Gasteiger partial charge is 0.241 e. The van der Waals surface area contributed by atoms with E-state index in [1.54, 1.807) is 44.2 Å². The average Bonchev–Trinajstić information content (AvgIpc) is 2.71. The third kappa shape index (κ3) is 8.82. The second-order valence-electron chi connectivity index (χ2n) is 7.04. The van der Waals surface area contributed by atoms with E-state index < -0.39 is 9.84 Å². The molecule has 0 aliphatic rings. The second kappa shape index (κ2) is 12.6. The zero-order valence-electron chi connectivity index (χ0n) is 18.3. The normalized spacial score (nSPS) is 11.4. The summed E-state index contributed by atoms with van der Waals surface area (Å²) in [5, 5.41) is 6.14. The Morgan fingerprint density at radius 1 is 1.19 bits per heavy atom. The predicted octanol–water partition coefficient (Wildman–Crippen LogP) is 1.78. The van der Waals surface area contributed by atoms with Crippen LogP contribution in [0.1, 0.15) is 16.8 Å². The molecule has 0 aliphatic heterocycles. The Balaban J connectivity index is 0.00000480. The molecule has 0 aliphatic carbocycles. The van der Waals surface area contributed by atoms with Crippen LogP contribution in [0.4, 0.5) is 0 Å². The van der Waals surface area contributed by atoms with Crippen LogP contribution in [-0.4, -0.2) is 63.6 Å². The fourth-order valence-corrected chi connectivity index (χ4v) is 3.85. The van der Waals surface area contributed by atoms with E-state index in [9.17, 15) is 13.2 Å². The van der Waals surface area contributed by atoms with E-state index in [-0.39, 0.29) is 36.4 Å². The van der Waals surface area contributed by atoms with Crippen LogP contribution in [0.5, 0.6) is 0 Å². The predicted molar refractivity (Wildman–Crippen MR) is 133 cm³/mol. The van der Waals surface area contributed by atoms with Gasteiger partial charge in [-0.15, -0.1) is 24.0 Å². The molecule has 0 radical (unpaired) electrons. The van der Waals surface area contributed by atoms with Crippen LogP contribution in [0.3, 0.4) is 0 Å². The van der Waals surface area contributed by atoms with Crippen LogP contribution >= 0.6 is 24.0 Å². The quantitative estimate of drug-likeness (QED) is 0.291. The van der Waals surface area contributed by atoms with Crippen molar-refractivity contribution >= 4 is 45.7 Å². The van der Waals surface area contributed by atoms with Crippen LogP contribution in [0.2, 0.25) is 0 Å². The Hall–Kier alpha value is -2.21.